The highest BCUT2D eigenvalue weighted by Crippen LogP contribution is 2.33. The van der Waals surface area contributed by atoms with Gasteiger partial charge in [-0.3, -0.25) is 14.7 Å². The van der Waals surface area contributed by atoms with E-state index in [1.807, 2.05) is 43.3 Å². The number of benzene rings is 2. The van der Waals surface area contributed by atoms with Crippen LogP contribution in [-0.4, -0.2) is 33.9 Å². The van der Waals surface area contributed by atoms with Crippen molar-refractivity contribution < 1.29 is 9.53 Å². The Kier molecular flexibility index (Phi) is 6.12. The van der Waals surface area contributed by atoms with Crippen molar-refractivity contribution in [3.63, 3.8) is 0 Å². The van der Waals surface area contributed by atoms with E-state index in [1.165, 1.54) is 0 Å². The van der Waals surface area contributed by atoms with Gasteiger partial charge in [0, 0.05) is 10.8 Å². The fourth-order valence-electron chi connectivity index (χ4n) is 2.91. The van der Waals surface area contributed by atoms with Crippen molar-refractivity contribution >= 4 is 34.4 Å². The molecule has 3 rings (SSSR count). The Morgan fingerprint density at radius 2 is 2.00 bits per heavy atom. The van der Waals surface area contributed by atoms with Crippen LogP contribution in [0.2, 0.25) is 5.02 Å². The smallest absolute Gasteiger partial charge is 0.266 e. The number of halogens is 1. The van der Waals surface area contributed by atoms with E-state index < -0.39 is 0 Å². The van der Waals surface area contributed by atoms with Gasteiger partial charge in [0.05, 0.1) is 12.1 Å². The number of nitrogens with zero attached hydrogens (tertiary/aromatic N) is 2. The minimum Gasteiger partial charge on any atom is -0.483 e. The van der Waals surface area contributed by atoms with Gasteiger partial charge in [-0.05, 0) is 50.1 Å². The van der Waals surface area contributed by atoms with Crippen LogP contribution in [-0.2, 0) is 11.3 Å². The zero-order valence-electron chi connectivity index (χ0n) is 15.7. The van der Waals surface area contributed by atoms with Crippen LogP contribution in [0.1, 0.15) is 25.0 Å². The van der Waals surface area contributed by atoms with Crippen LogP contribution < -0.4 is 4.74 Å². The predicted octanol–water partition coefficient (Wildman–Crippen LogP) is 4.94. The number of amidine groups is 1. The van der Waals surface area contributed by atoms with Crippen LogP contribution in [0.3, 0.4) is 0 Å². The summed E-state index contributed by atoms with van der Waals surface area (Å²) >= 11 is 7.59. The van der Waals surface area contributed by atoms with Gasteiger partial charge in [0.1, 0.15) is 5.75 Å². The predicted molar refractivity (Wildman–Crippen MR) is 113 cm³/mol. The summed E-state index contributed by atoms with van der Waals surface area (Å²) in [5.74, 6) is 1.39. The molecule has 1 heterocycles. The number of amides is 1. The zero-order valence-corrected chi connectivity index (χ0v) is 17.3. The van der Waals surface area contributed by atoms with Crippen molar-refractivity contribution in [3.05, 3.63) is 64.7 Å². The Bertz CT molecular complexity index is 853. The molecule has 1 aliphatic rings. The maximum absolute atomic E-state index is 12.9. The van der Waals surface area contributed by atoms with Crippen molar-refractivity contribution in [3.8, 4) is 5.75 Å². The second-order valence-corrected chi connectivity index (χ2v) is 8.49. The lowest BCUT2D eigenvalue weighted by atomic mass is 10.1. The average Bonchev–Trinajstić information content (AvgIpc) is 2.94. The van der Waals surface area contributed by atoms with Gasteiger partial charge in [-0.2, -0.15) is 0 Å². The fraction of sp³-hybridized carbons (Fsp3) is 0.333. The molecule has 2 aromatic rings. The summed E-state index contributed by atoms with van der Waals surface area (Å²) < 4.78 is 5.76. The summed E-state index contributed by atoms with van der Waals surface area (Å²) in [6.45, 7) is 6.54. The Morgan fingerprint density at radius 3 is 2.70 bits per heavy atom. The Balaban J connectivity index is 1.71. The van der Waals surface area contributed by atoms with Crippen molar-refractivity contribution in [2.75, 3.05) is 12.4 Å². The second-order valence-electron chi connectivity index (χ2n) is 7.11. The normalized spacial score (nSPS) is 17.3. The number of thioether (sulfide) groups is 1. The first-order valence-electron chi connectivity index (χ1n) is 8.80. The largest absolute Gasteiger partial charge is 0.483 e. The first-order valence-corrected chi connectivity index (χ1v) is 10.2. The van der Waals surface area contributed by atoms with Crippen LogP contribution in [0.4, 0.5) is 0 Å². The Morgan fingerprint density at radius 1 is 1.26 bits per heavy atom. The number of carbonyl (C=O) groups is 1. The van der Waals surface area contributed by atoms with E-state index >= 15 is 0 Å². The number of rotatable bonds is 5. The van der Waals surface area contributed by atoms with Crippen LogP contribution >= 0.6 is 23.4 Å². The number of ether oxygens (including phenoxy) is 1. The highest BCUT2D eigenvalue weighted by Gasteiger charge is 2.41. The van der Waals surface area contributed by atoms with Gasteiger partial charge in [0.15, 0.2) is 11.8 Å². The SMILES string of the molecule is Cc1cc(Cl)ccc1OCC(=O)N1C(=NCc2ccccc2)SCC1(C)C. The molecule has 27 heavy (non-hydrogen) atoms. The number of aliphatic imine (C=N–C) groups is 1. The molecule has 142 valence electrons. The molecule has 0 unspecified atom stereocenters. The van der Waals surface area contributed by atoms with E-state index in [0.29, 0.717) is 17.3 Å². The van der Waals surface area contributed by atoms with Gasteiger partial charge in [0.2, 0.25) is 0 Å². The number of aryl methyl sites for hydroxylation is 1. The van der Waals surface area contributed by atoms with E-state index in [9.17, 15) is 4.79 Å². The third-order valence-electron chi connectivity index (χ3n) is 4.33. The summed E-state index contributed by atoms with van der Waals surface area (Å²) in [6, 6.07) is 15.4. The van der Waals surface area contributed by atoms with E-state index in [1.54, 1.807) is 28.8 Å². The molecule has 1 amide bonds. The van der Waals surface area contributed by atoms with Crippen molar-refractivity contribution in [1.82, 2.24) is 4.90 Å². The topological polar surface area (TPSA) is 41.9 Å². The molecule has 0 radical (unpaired) electrons. The van der Waals surface area contributed by atoms with Crippen molar-refractivity contribution in [2.45, 2.75) is 32.9 Å². The molecule has 0 aromatic heterocycles. The van der Waals surface area contributed by atoms with Crippen LogP contribution in [0.5, 0.6) is 5.75 Å². The van der Waals surface area contributed by atoms with Crippen LogP contribution in [0, 0.1) is 6.92 Å². The molecule has 1 saturated heterocycles. The lowest BCUT2D eigenvalue weighted by Crippen LogP contribution is -2.48. The number of carbonyl (C=O) groups excluding carboxylic acids is 1. The van der Waals surface area contributed by atoms with Gasteiger partial charge in [-0.25, -0.2) is 0 Å². The molecular formula is C21H23ClN2O2S. The Hall–Kier alpha value is -1.98. The molecule has 4 nitrogen and oxygen atoms in total. The molecule has 6 heteroatoms. The summed E-state index contributed by atoms with van der Waals surface area (Å²) in [6.07, 6.45) is 0. The summed E-state index contributed by atoms with van der Waals surface area (Å²) in [7, 11) is 0. The lowest BCUT2D eigenvalue weighted by molar-refractivity contribution is -0.132. The zero-order chi connectivity index (χ0) is 19.4. The maximum Gasteiger partial charge on any atom is 0.266 e. The highest BCUT2D eigenvalue weighted by molar-refractivity contribution is 8.14. The molecule has 0 aliphatic carbocycles. The standard InChI is InChI=1S/C21H23ClN2O2S/c1-15-11-17(22)9-10-18(15)26-13-19(25)24-20(27-14-21(24,2)3)23-12-16-7-5-4-6-8-16/h4-11H,12-14H2,1-3H3. The van der Waals surface area contributed by atoms with Gasteiger partial charge in [-0.1, -0.05) is 53.7 Å². The van der Waals surface area contributed by atoms with Gasteiger partial charge in [0.25, 0.3) is 5.91 Å². The molecule has 1 aliphatic heterocycles. The van der Waals surface area contributed by atoms with Crippen LogP contribution in [0.15, 0.2) is 53.5 Å². The monoisotopic (exact) mass is 402 g/mol. The third-order valence-corrected chi connectivity index (χ3v) is 5.98. The van der Waals surface area contributed by atoms with E-state index in [4.69, 9.17) is 16.3 Å². The third kappa shape index (κ3) is 4.85. The van der Waals surface area contributed by atoms with Crippen molar-refractivity contribution in [2.24, 2.45) is 4.99 Å². The van der Waals surface area contributed by atoms with Gasteiger partial charge in [-0.15, -0.1) is 0 Å². The fourth-order valence-corrected chi connectivity index (χ4v) is 4.38. The molecule has 0 bridgehead atoms. The molecule has 0 spiro atoms. The second kappa shape index (κ2) is 8.36. The molecule has 2 aromatic carbocycles. The molecule has 0 atom stereocenters. The quantitative estimate of drug-likeness (QED) is 0.711. The first-order chi connectivity index (χ1) is 12.9. The minimum atomic E-state index is -0.296. The van der Waals surface area contributed by atoms with Crippen molar-refractivity contribution in [1.29, 1.82) is 0 Å². The molecule has 0 N–H and O–H groups in total. The first kappa shape index (κ1) is 19.8. The van der Waals surface area contributed by atoms with Gasteiger partial charge < -0.3 is 4.74 Å². The van der Waals surface area contributed by atoms with E-state index in [0.717, 1.165) is 22.0 Å². The average molecular weight is 403 g/mol. The van der Waals surface area contributed by atoms with E-state index in [2.05, 4.69) is 18.8 Å². The van der Waals surface area contributed by atoms with Crippen LogP contribution in [0.25, 0.3) is 0 Å². The number of hydrogen-bond acceptors (Lipinski definition) is 4. The Labute approximate surface area is 169 Å². The molecular weight excluding hydrogens is 380 g/mol. The lowest BCUT2D eigenvalue weighted by Gasteiger charge is -2.30. The number of hydrogen-bond donors (Lipinski definition) is 0. The minimum absolute atomic E-state index is 0.0309. The highest BCUT2D eigenvalue weighted by atomic mass is 35.5. The van der Waals surface area contributed by atoms with Gasteiger partial charge >= 0.3 is 0 Å². The summed E-state index contributed by atoms with van der Waals surface area (Å²) in [5, 5.41) is 1.41. The summed E-state index contributed by atoms with van der Waals surface area (Å²) in [4.78, 5) is 19.4. The maximum atomic E-state index is 12.9. The summed E-state index contributed by atoms with van der Waals surface area (Å²) in [5.41, 5.74) is 1.73. The van der Waals surface area contributed by atoms with E-state index in [-0.39, 0.29) is 18.1 Å². The molecule has 0 saturated carbocycles. The molecule has 1 fully saturated rings.